The van der Waals surface area contributed by atoms with Crippen LogP contribution in [0.15, 0.2) is 30.5 Å². The van der Waals surface area contributed by atoms with Crippen molar-refractivity contribution in [3.05, 3.63) is 36.0 Å². The molecule has 21 heavy (non-hydrogen) atoms. The van der Waals surface area contributed by atoms with Gasteiger partial charge in [0.05, 0.1) is 7.11 Å². The van der Waals surface area contributed by atoms with Crippen LogP contribution in [0.25, 0.3) is 0 Å². The van der Waals surface area contributed by atoms with Crippen LogP contribution in [0, 0.1) is 0 Å². The van der Waals surface area contributed by atoms with Crippen molar-refractivity contribution in [3.8, 4) is 5.88 Å². The molecule has 1 atom stereocenters. The van der Waals surface area contributed by atoms with E-state index in [0.717, 1.165) is 32.6 Å². The summed E-state index contributed by atoms with van der Waals surface area (Å²) >= 11 is 0. The number of ether oxygens (including phenoxy) is 1. The molecule has 0 spiro atoms. The largest absolute Gasteiger partial charge is 0.481 e. The van der Waals surface area contributed by atoms with E-state index in [1.807, 2.05) is 12.3 Å². The number of piperazine rings is 1. The average Bonchev–Trinajstić information content (AvgIpc) is 2.46. The molecule has 0 saturated carbocycles. The van der Waals surface area contributed by atoms with Gasteiger partial charge in [0.25, 0.3) is 0 Å². The third-order valence-corrected chi connectivity index (χ3v) is 3.49. The first-order valence-electron chi connectivity index (χ1n) is 6.80. The summed E-state index contributed by atoms with van der Waals surface area (Å²) < 4.78 is 5.12. The molecule has 0 amide bonds. The van der Waals surface area contributed by atoms with Gasteiger partial charge in [-0.05, 0) is 18.9 Å². The highest BCUT2D eigenvalue weighted by atomic mass is 35.5. The fraction of sp³-hybridized carbons (Fsp3) is 0.533. The Morgan fingerprint density at radius 1 is 1.38 bits per heavy atom. The molecule has 0 radical (unpaired) electrons. The smallest absolute Gasteiger partial charge is 0.212 e. The standard InChI is InChI=1S/C15H23N3O.2ClH/c1-12(2)10-14(18-8-6-16-7-9-18)13-4-5-15(19-3)17-11-13;;/h4-5,11,14,16H,1,6-10H2,2-3H3;2*1H/t14-;;/m0../s1. The number of rotatable bonds is 5. The molecule has 1 N–H and O–H groups in total. The van der Waals surface area contributed by atoms with Gasteiger partial charge in [0, 0.05) is 44.5 Å². The van der Waals surface area contributed by atoms with Crippen LogP contribution in [-0.2, 0) is 0 Å². The van der Waals surface area contributed by atoms with E-state index in [0.29, 0.717) is 11.9 Å². The third kappa shape index (κ3) is 5.83. The highest BCUT2D eigenvalue weighted by Gasteiger charge is 2.22. The number of nitrogens with zero attached hydrogens (tertiary/aromatic N) is 2. The molecule has 1 fully saturated rings. The van der Waals surface area contributed by atoms with E-state index >= 15 is 0 Å². The molecule has 2 heterocycles. The molecular weight excluding hydrogens is 309 g/mol. The van der Waals surface area contributed by atoms with Gasteiger partial charge in [-0.25, -0.2) is 4.98 Å². The number of hydrogen-bond donors (Lipinski definition) is 1. The summed E-state index contributed by atoms with van der Waals surface area (Å²) in [6.45, 7) is 10.4. The van der Waals surface area contributed by atoms with Crippen LogP contribution in [0.4, 0.5) is 0 Å². The van der Waals surface area contributed by atoms with Crippen LogP contribution >= 0.6 is 24.8 Å². The van der Waals surface area contributed by atoms with Crippen LogP contribution in [0.3, 0.4) is 0 Å². The maximum atomic E-state index is 5.12. The van der Waals surface area contributed by atoms with Gasteiger partial charge in [-0.15, -0.1) is 31.4 Å². The Kier molecular flexibility index (Phi) is 9.62. The van der Waals surface area contributed by atoms with Crippen molar-refractivity contribution in [3.63, 3.8) is 0 Å². The van der Waals surface area contributed by atoms with Crippen LogP contribution in [0.5, 0.6) is 5.88 Å². The van der Waals surface area contributed by atoms with Crippen molar-refractivity contribution in [1.82, 2.24) is 15.2 Å². The second kappa shape index (κ2) is 10.0. The molecule has 1 aromatic heterocycles. The Bertz CT molecular complexity index is 419. The van der Waals surface area contributed by atoms with E-state index in [-0.39, 0.29) is 24.8 Å². The van der Waals surface area contributed by atoms with Crippen LogP contribution in [0.1, 0.15) is 24.9 Å². The lowest BCUT2D eigenvalue weighted by atomic mass is 9.99. The lowest BCUT2D eigenvalue weighted by Gasteiger charge is -2.35. The highest BCUT2D eigenvalue weighted by molar-refractivity contribution is 5.85. The molecular formula is C15H25Cl2N3O. The van der Waals surface area contributed by atoms with Crippen molar-refractivity contribution in [2.24, 2.45) is 0 Å². The lowest BCUT2D eigenvalue weighted by molar-refractivity contribution is 0.172. The van der Waals surface area contributed by atoms with Gasteiger partial charge in [0.15, 0.2) is 0 Å². The van der Waals surface area contributed by atoms with E-state index < -0.39 is 0 Å². The first-order valence-corrected chi connectivity index (χ1v) is 6.80. The van der Waals surface area contributed by atoms with E-state index in [9.17, 15) is 0 Å². The van der Waals surface area contributed by atoms with Gasteiger partial charge in [0.1, 0.15) is 0 Å². The number of aromatic nitrogens is 1. The minimum absolute atomic E-state index is 0. The quantitative estimate of drug-likeness (QED) is 0.841. The molecule has 0 aliphatic carbocycles. The Morgan fingerprint density at radius 3 is 2.52 bits per heavy atom. The minimum atomic E-state index is 0. The first kappa shape index (κ1) is 20.2. The Balaban J connectivity index is 0.00000200. The summed E-state index contributed by atoms with van der Waals surface area (Å²) in [5.74, 6) is 0.665. The molecule has 1 aliphatic rings. The molecule has 0 bridgehead atoms. The maximum Gasteiger partial charge on any atom is 0.212 e. The SMILES string of the molecule is C=C(C)C[C@@H](c1ccc(OC)nc1)N1CCNCC1.Cl.Cl. The highest BCUT2D eigenvalue weighted by Crippen LogP contribution is 2.27. The molecule has 6 heteroatoms. The number of halogens is 2. The summed E-state index contributed by atoms with van der Waals surface area (Å²) in [5.41, 5.74) is 2.45. The monoisotopic (exact) mass is 333 g/mol. The molecule has 0 unspecified atom stereocenters. The summed E-state index contributed by atoms with van der Waals surface area (Å²) in [6, 6.07) is 4.42. The predicted octanol–water partition coefficient (Wildman–Crippen LogP) is 2.85. The molecule has 4 nitrogen and oxygen atoms in total. The fourth-order valence-electron chi connectivity index (χ4n) is 2.49. The van der Waals surface area contributed by atoms with Gasteiger partial charge in [-0.2, -0.15) is 0 Å². The van der Waals surface area contributed by atoms with Gasteiger partial charge in [-0.1, -0.05) is 11.6 Å². The fourth-order valence-corrected chi connectivity index (χ4v) is 2.49. The summed E-state index contributed by atoms with van der Waals surface area (Å²) in [7, 11) is 1.64. The zero-order valence-electron chi connectivity index (χ0n) is 12.7. The number of hydrogen-bond acceptors (Lipinski definition) is 4. The normalized spacial score (nSPS) is 16.3. The molecule has 1 aromatic rings. The molecule has 2 rings (SSSR count). The van der Waals surface area contributed by atoms with Crippen molar-refractivity contribution in [2.45, 2.75) is 19.4 Å². The second-order valence-electron chi connectivity index (χ2n) is 5.10. The van der Waals surface area contributed by atoms with Gasteiger partial charge in [-0.3, -0.25) is 4.90 Å². The van der Waals surface area contributed by atoms with Crippen LogP contribution in [0.2, 0.25) is 0 Å². The Hall–Kier alpha value is -0.810. The number of pyridine rings is 1. The maximum absolute atomic E-state index is 5.12. The summed E-state index contributed by atoms with van der Waals surface area (Å²) in [5, 5.41) is 3.39. The van der Waals surface area contributed by atoms with E-state index in [1.165, 1.54) is 11.1 Å². The van der Waals surface area contributed by atoms with E-state index in [1.54, 1.807) is 7.11 Å². The lowest BCUT2D eigenvalue weighted by Crippen LogP contribution is -2.45. The number of methoxy groups -OCH3 is 1. The third-order valence-electron chi connectivity index (χ3n) is 3.49. The second-order valence-corrected chi connectivity index (χ2v) is 5.10. The van der Waals surface area contributed by atoms with Crippen LogP contribution in [-0.4, -0.2) is 43.2 Å². The van der Waals surface area contributed by atoms with E-state index in [2.05, 4.69) is 34.8 Å². The zero-order chi connectivity index (χ0) is 13.7. The number of nitrogens with one attached hydrogen (secondary N) is 1. The molecule has 0 aromatic carbocycles. The summed E-state index contributed by atoms with van der Waals surface area (Å²) in [4.78, 5) is 6.83. The van der Waals surface area contributed by atoms with Gasteiger partial charge in [0.2, 0.25) is 5.88 Å². The predicted molar refractivity (Wildman–Crippen MR) is 91.9 cm³/mol. The molecule has 1 saturated heterocycles. The summed E-state index contributed by atoms with van der Waals surface area (Å²) in [6.07, 6.45) is 2.91. The van der Waals surface area contributed by atoms with Crippen molar-refractivity contribution in [2.75, 3.05) is 33.3 Å². The van der Waals surface area contributed by atoms with Crippen LogP contribution < -0.4 is 10.1 Å². The Morgan fingerprint density at radius 2 is 2.05 bits per heavy atom. The van der Waals surface area contributed by atoms with Crippen molar-refractivity contribution < 1.29 is 4.74 Å². The van der Waals surface area contributed by atoms with E-state index in [4.69, 9.17) is 4.74 Å². The molecule has 120 valence electrons. The zero-order valence-corrected chi connectivity index (χ0v) is 14.3. The average molecular weight is 334 g/mol. The van der Waals surface area contributed by atoms with Crippen molar-refractivity contribution >= 4 is 24.8 Å². The van der Waals surface area contributed by atoms with Crippen molar-refractivity contribution in [1.29, 1.82) is 0 Å². The van der Waals surface area contributed by atoms with Gasteiger partial charge < -0.3 is 10.1 Å². The first-order chi connectivity index (χ1) is 9.20. The molecule has 1 aliphatic heterocycles. The Labute approximate surface area is 139 Å². The minimum Gasteiger partial charge on any atom is -0.481 e. The topological polar surface area (TPSA) is 37.4 Å². The van der Waals surface area contributed by atoms with Gasteiger partial charge >= 0.3 is 0 Å².